The van der Waals surface area contributed by atoms with Gasteiger partial charge in [-0.15, -0.1) is 0 Å². The van der Waals surface area contributed by atoms with Gasteiger partial charge in [0, 0.05) is 24.1 Å². The van der Waals surface area contributed by atoms with Crippen molar-refractivity contribution in [3.8, 4) is 0 Å². The van der Waals surface area contributed by atoms with Crippen LogP contribution in [0, 0.1) is 0 Å². The first-order valence-electron chi connectivity index (χ1n) is 5.83. The average molecular weight is 381 g/mol. The fourth-order valence-electron chi connectivity index (χ4n) is 1.67. The lowest BCUT2D eigenvalue weighted by Crippen LogP contribution is -2.20. The molecule has 0 radical (unpaired) electrons. The van der Waals surface area contributed by atoms with E-state index in [9.17, 15) is 13.2 Å². The van der Waals surface area contributed by atoms with Gasteiger partial charge in [0.25, 0.3) is 0 Å². The molecule has 0 amide bonds. The van der Waals surface area contributed by atoms with Crippen LogP contribution in [0.15, 0.2) is 34.8 Å². The average Bonchev–Trinajstić information content (AvgIpc) is 2.39. The van der Waals surface area contributed by atoms with Crippen LogP contribution in [0.1, 0.15) is 11.4 Å². The van der Waals surface area contributed by atoms with Gasteiger partial charge >= 0.3 is 6.18 Å². The molecule has 0 fully saturated rings. The molecule has 2 aromatic rings. The van der Waals surface area contributed by atoms with Crippen molar-refractivity contribution < 1.29 is 13.2 Å². The summed E-state index contributed by atoms with van der Waals surface area (Å²) >= 11 is 8.96. The third kappa shape index (κ3) is 4.31. The molecule has 0 bridgehead atoms. The maximum atomic E-state index is 12.7. The van der Waals surface area contributed by atoms with Crippen molar-refractivity contribution in [2.24, 2.45) is 0 Å². The van der Waals surface area contributed by atoms with Crippen molar-refractivity contribution in [3.63, 3.8) is 0 Å². The molecule has 0 atom stereocenters. The van der Waals surface area contributed by atoms with Crippen LogP contribution in [0.2, 0.25) is 5.15 Å². The molecule has 1 heterocycles. The smallest absolute Gasteiger partial charge is 0.355 e. The summed E-state index contributed by atoms with van der Waals surface area (Å²) in [5, 5.41) is -0.241. The van der Waals surface area contributed by atoms with Gasteiger partial charge in [-0.25, -0.2) is 9.97 Å². The van der Waals surface area contributed by atoms with Gasteiger partial charge in [0.1, 0.15) is 11.0 Å². The zero-order valence-electron chi connectivity index (χ0n) is 10.8. The molecule has 0 N–H and O–H groups in total. The van der Waals surface area contributed by atoms with E-state index < -0.39 is 12.0 Å². The summed E-state index contributed by atoms with van der Waals surface area (Å²) in [5.41, 5.74) is 0.934. The lowest BCUT2D eigenvalue weighted by molar-refractivity contribution is -0.144. The van der Waals surface area contributed by atoms with E-state index in [0.29, 0.717) is 6.54 Å². The van der Waals surface area contributed by atoms with Gasteiger partial charge in [-0.2, -0.15) is 13.2 Å². The SMILES string of the molecule is CN(Cc1ccc(Br)cc1)c1cc(Cl)nc(C(F)(F)F)n1. The molecule has 0 saturated carbocycles. The second-order valence-electron chi connectivity index (χ2n) is 4.35. The summed E-state index contributed by atoms with van der Waals surface area (Å²) in [6.07, 6.45) is -4.63. The van der Waals surface area contributed by atoms with Crippen LogP contribution in [0.25, 0.3) is 0 Å². The predicted molar refractivity (Wildman–Crippen MR) is 78.3 cm³/mol. The molecular formula is C13H10BrClF3N3. The number of alkyl halides is 3. The van der Waals surface area contributed by atoms with E-state index in [1.807, 2.05) is 24.3 Å². The van der Waals surface area contributed by atoms with Crippen LogP contribution in [-0.4, -0.2) is 17.0 Å². The Bertz CT molecular complexity index is 632. The summed E-state index contributed by atoms with van der Waals surface area (Å²) in [6, 6.07) is 8.76. The minimum absolute atomic E-state index is 0.116. The fraction of sp³-hybridized carbons (Fsp3) is 0.231. The predicted octanol–water partition coefficient (Wildman–Crippen LogP) is 4.55. The maximum absolute atomic E-state index is 12.7. The topological polar surface area (TPSA) is 29.0 Å². The second kappa shape index (κ2) is 6.19. The molecule has 0 unspecified atom stereocenters. The quantitative estimate of drug-likeness (QED) is 0.732. The molecule has 1 aromatic heterocycles. The largest absolute Gasteiger partial charge is 0.451 e. The van der Waals surface area contributed by atoms with E-state index in [0.717, 1.165) is 10.0 Å². The Labute approximate surface area is 132 Å². The van der Waals surface area contributed by atoms with Crippen molar-refractivity contribution in [2.45, 2.75) is 12.7 Å². The molecule has 0 aliphatic heterocycles. The summed E-state index contributed by atoms with van der Waals surface area (Å²) in [4.78, 5) is 8.29. The highest BCUT2D eigenvalue weighted by atomic mass is 79.9. The summed E-state index contributed by atoms with van der Waals surface area (Å²) < 4.78 is 39.0. The van der Waals surface area contributed by atoms with Crippen LogP contribution in [0.3, 0.4) is 0 Å². The Morgan fingerprint density at radius 3 is 2.38 bits per heavy atom. The third-order valence-electron chi connectivity index (χ3n) is 2.66. The van der Waals surface area contributed by atoms with Crippen LogP contribution in [-0.2, 0) is 12.7 Å². The fourth-order valence-corrected chi connectivity index (χ4v) is 2.11. The van der Waals surface area contributed by atoms with Gasteiger partial charge in [-0.1, -0.05) is 39.7 Å². The molecule has 0 saturated heterocycles. The number of halogens is 5. The molecular weight excluding hydrogens is 371 g/mol. The molecule has 112 valence electrons. The van der Waals surface area contributed by atoms with Crippen LogP contribution >= 0.6 is 27.5 Å². The molecule has 8 heteroatoms. The van der Waals surface area contributed by atoms with E-state index in [2.05, 4.69) is 25.9 Å². The first kappa shape index (κ1) is 16.0. The van der Waals surface area contributed by atoms with Gasteiger partial charge in [0.05, 0.1) is 0 Å². The van der Waals surface area contributed by atoms with Crippen molar-refractivity contribution in [3.05, 3.63) is 51.3 Å². The lowest BCUT2D eigenvalue weighted by Gasteiger charge is -2.19. The van der Waals surface area contributed by atoms with Gasteiger partial charge < -0.3 is 4.90 Å². The van der Waals surface area contributed by atoms with E-state index in [1.54, 1.807) is 11.9 Å². The highest BCUT2D eigenvalue weighted by Crippen LogP contribution is 2.29. The first-order chi connectivity index (χ1) is 9.75. The standard InChI is InChI=1S/C13H10BrClF3N3/c1-21(7-8-2-4-9(14)5-3-8)11-6-10(15)19-12(20-11)13(16,17)18/h2-6H,7H2,1H3. The van der Waals surface area contributed by atoms with Crippen molar-refractivity contribution in [1.82, 2.24) is 9.97 Å². The van der Waals surface area contributed by atoms with Gasteiger partial charge in [0.2, 0.25) is 5.82 Å². The minimum Gasteiger partial charge on any atom is -0.355 e. The third-order valence-corrected chi connectivity index (χ3v) is 3.38. The van der Waals surface area contributed by atoms with Crippen LogP contribution < -0.4 is 4.90 Å². The number of hydrogen-bond donors (Lipinski definition) is 0. The van der Waals surface area contributed by atoms with Gasteiger partial charge in [0.15, 0.2) is 0 Å². The highest BCUT2D eigenvalue weighted by molar-refractivity contribution is 9.10. The summed E-state index contributed by atoms with van der Waals surface area (Å²) in [6.45, 7) is 0.401. The molecule has 0 spiro atoms. The Hall–Kier alpha value is -1.34. The Balaban J connectivity index is 2.24. The Morgan fingerprint density at radius 2 is 1.81 bits per heavy atom. The summed E-state index contributed by atoms with van der Waals surface area (Å²) in [5.74, 6) is -1.13. The molecule has 2 rings (SSSR count). The number of nitrogens with zero attached hydrogens (tertiary/aromatic N) is 3. The first-order valence-corrected chi connectivity index (χ1v) is 7.00. The Morgan fingerprint density at radius 1 is 1.19 bits per heavy atom. The van der Waals surface area contributed by atoms with E-state index >= 15 is 0 Å². The zero-order valence-corrected chi connectivity index (χ0v) is 13.2. The van der Waals surface area contributed by atoms with Crippen LogP contribution in [0.5, 0.6) is 0 Å². The van der Waals surface area contributed by atoms with Crippen molar-refractivity contribution in [2.75, 3.05) is 11.9 Å². The van der Waals surface area contributed by atoms with Gasteiger partial charge in [-0.3, -0.25) is 0 Å². The number of rotatable bonds is 3. The molecule has 0 aliphatic carbocycles. The normalized spacial score (nSPS) is 11.5. The van der Waals surface area contributed by atoms with E-state index in [1.165, 1.54) is 6.07 Å². The maximum Gasteiger partial charge on any atom is 0.451 e. The minimum atomic E-state index is -4.63. The van der Waals surface area contributed by atoms with Gasteiger partial charge in [-0.05, 0) is 17.7 Å². The van der Waals surface area contributed by atoms with Crippen molar-refractivity contribution in [1.29, 1.82) is 0 Å². The highest BCUT2D eigenvalue weighted by Gasteiger charge is 2.35. The number of aromatic nitrogens is 2. The molecule has 1 aromatic carbocycles. The summed E-state index contributed by atoms with van der Waals surface area (Å²) in [7, 11) is 1.64. The lowest BCUT2D eigenvalue weighted by atomic mass is 10.2. The molecule has 3 nitrogen and oxygen atoms in total. The van der Waals surface area contributed by atoms with Crippen LogP contribution in [0.4, 0.5) is 19.0 Å². The van der Waals surface area contributed by atoms with E-state index in [4.69, 9.17) is 11.6 Å². The number of hydrogen-bond acceptors (Lipinski definition) is 3. The molecule has 0 aliphatic rings. The number of anilines is 1. The monoisotopic (exact) mass is 379 g/mol. The van der Waals surface area contributed by atoms with E-state index in [-0.39, 0.29) is 11.0 Å². The molecule has 21 heavy (non-hydrogen) atoms. The second-order valence-corrected chi connectivity index (χ2v) is 5.66. The Kier molecular flexibility index (Phi) is 4.73. The zero-order chi connectivity index (χ0) is 15.6. The van der Waals surface area contributed by atoms with Crippen molar-refractivity contribution >= 4 is 33.3 Å². The number of benzene rings is 1.